The van der Waals surface area contributed by atoms with Gasteiger partial charge in [-0.05, 0) is 54.7 Å². The number of carbonyl (C=O) groups is 1. The molecule has 160 valence electrons. The molecule has 0 amide bonds. The number of halogens is 2. The molecule has 2 saturated heterocycles. The zero-order chi connectivity index (χ0) is 21.6. The van der Waals surface area contributed by atoms with Gasteiger partial charge in [-0.1, -0.05) is 48.3 Å². The highest BCUT2D eigenvalue weighted by atomic mass is 35.5. The molecule has 30 heavy (non-hydrogen) atoms. The SMILES string of the molecule is CCc1ccc(-c2ccc(Cl)cc2Cl)cc1C1C(=O)[C@@H]2CC(COC)[C@@](C)(O2)C1O. The van der Waals surface area contributed by atoms with Gasteiger partial charge in [-0.25, -0.2) is 0 Å². The molecule has 2 fully saturated rings. The van der Waals surface area contributed by atoms with Gasteiger partial charge in [-0.3, -0.25) is 4.79 Å². The smallest absolute Gasteiger partial charge is 0.171 e. The summed E-state index contributed by atoms with van der Waals surface area (Å²) in [5.41, 5.74) is 2.79. The van der Waals surface area contributed by atoms with E-state index in [0.29, 0.717) is 23.1 Å². The maximum absolute atomic E-state index is 13.3. The maximum Gasteiger partial charge on any atom is 0.171 e. The summed E-state index contributed by atoms with van der Waals surface area (Å²) in [6.07, 6.45) is -0.147. The maximum atomic E-state index is 13.3. The summed E-state index contributed by atoms with van der Waals surface area (Å²) >= 11 is 12.5. The second-order valence-corrected chi connectivity index (χ2v) is 9.24. The topological polar surface area (TPSA) is 55.8 Å². The fourth-order valence-electron chi connectivity index (χ4n) is 4.97. The van der Waals surface area contributed by atoms with Crippen LogP contribution in [0.1, 0.15) is 37.3 Å². The van der Waals surface area contributed by atoms with Crippen LogP contribution in [0.15, 0.2) is 36.4 Å². The Hall–Kier alpha value is -1.43. The summed E-state index contributed by atoms with van der Waals surface area (Å²) in [6, 6.07) is 11.4. The first-order valence-corrected chi connectivity index (χ1v) is 11.0. The number of aliphatic hydroxyl groups excluding tert-OH is 1. The second kappa shape index (κ2) is 8.25. The van der Waals surface area contributed by atoms with Crippen molar-refractivity contribution in [3.05, 3.63) is 57.6 Å². The molecule has 2 aromatic rings. The highest BCUT2D eigenvalue weighted by Gasteiger charge is 2.60. The lowest BCUT2D eigenvalue weighted by Gasteiger charge is -2.42. The van der Waals surface area contributed by atoms with Gasteiger partial charge in [0.1, 0.15) is 6.10 Å². The van der Waals surface area contributed by atoms with Crippen molar-refractivity contribution in [3.8, 4) is 11.1 Å². The summed E-state index contributed by atoms with van der Waals surface area (Å²) in [6.45, 7) is 4.39. The number of aliphatic hydroxyl groups is 1. The summed E-state index contributed by atoms with van der Waals surface area (Å²) in [5, 5.41) is 12.5. The number of fused-ring (bicyclic) bond motifs is 2. The molecule has 2 bridgehead atoms. The normalized spacial score (nSPS) is 30.7. The van der Waals surface area contributed by atoms with Gasteiger partial charge in [0.15, 0.2) is 5.78 Å². The van der Waals surface area contributed by atoms with Gasteiger partial charge in [-0.2, -0.15) is 0 Å². The molecule has 0 aliphatic carbocycles. The summed E-state index contributed by atoms with van der Waals surface area (Å²) < 4.78 is 11.4. The van der Waals surface area contributed by atoms with Crippen LogP contribution in [-0.4, -0.2) is 42.4 Å². The molecule has 2 heterocycles. The number of aryl methyl sites for hydroxylation is 1. The lowest BCUT2D eigenvalue weighted by molar-refractivity contribution is -0.178. The summed E-state index contributed by atoms with van der Waals surface area (Å²) in [7, 11) is 1.63. The molecule has 2 aromatic carbocycles. The van der Waals surface area contributed by atoms with E-state index in [4.69, 9.17) is 32.7 Å². The van der Waals surface area contributed by atoms with Crippen LogP contribution in [0.4, 0.5) is 0 Å². The third-order valence-corrected chi connectivity index (χ3v) is 7.25. The van der Waals surface area contributed by atoms with E-state index in [9.17, 15) is 9.90 Å². The molecule has 0 spiro atoms. The average Bonchev–Trinajstić information content (AvgIpc) is 3.02. The van der Waals surface area contributed by atoms with Crippen molar-refractivity contribution in [1.29, 1.82) is 0 Å². The van der Waals surface area contributed by atoms with Gasteiger partial charge in [-0.15, -0.1) is 0 Å². The minimum atomic E-state index is -0.954. The third-order valence-electron chi connectivity index (χ3n) is 6.70. The molecule has 6 heteroatoms. The van der Waals surface area contributed by atoms with E-state index in [1.54, 1.807) is 19.2 Å². The van der Waals surface area contributed by atoms with Crippen LogP contribution in [0.25, 0.3) is 11.1 Å². The molecule has 2 aliphatic rings. The zero-order valence-electron chi connectivity index (χ0n) is 17.3. The number of hydrogen-bond donors (Lipinski definition) is 1. The Morgan fingerprint density at radius 1 is 1.23 bits per heavy atom. The number of methoxy groups -OCH3 is 1. The van der Waals surface area contributed by atoms with E-state index >= 15 is 0 Å². The van der Waals surface area contributed by atoms with Crippen LogP contribution in [-0.2, 0) is 20.7 Å². The molecule has 0 aromatic heterocycles. The monoisotopic (exact) mass is 448 g/mol. The minimum absolute atomic E-state index is 0.0320. The van der Waals surface area contributed by atoms with Gasteiger partial charge in [0.25, 0.3) is 0 Å². The second-order valence-electron chi connectivity index (χ2n) is 8.39. The fraction of sp³-hybridized carbons (Fsp3) is 0.458. The third kappa shape index (κ3) is 3.49. The van der Waals surface area contributed by atoms with Gasteiger partial charge in [0.2, 0.25) is 0 Å². The molecule has 0 radical (unpaired) electrons. The summed E-state index contributed by atoms with van der Waals surface area (Å²) in [5.74, 6) is -0.736. The van der Waals surface area contributed by atoms with Crippen molar-refractivity contribution in [2.75, 3.05) is 13.7 Å². The van der Waals surface area contributed by atoms with E-state index in [2.05, 4.69) is 0 Å². The van der Waals surface area contributed by atoms with E-state index < -0.39 is 23.7 Å². The van der Waals surface area contributed by atoms with Crippen LogP contribution in [0.2, 0.25) is 10.0 Å². The lowest BCUT2D eigenvalue weighted by atomic mass is 9.75. The first-order valence-electron chi connectivity index (χ1n) is 10.3. The minimum Gasteiger partial charge on any atom is -0.389 e. The van der Waals surface area contributed by atoms with Crippen molar-refractivity contribution in [1.82, 2.24) is 0 Å². The van der Waals surface area contributed by atoms with Crippen LogP contribution < -0.4 is 0 Å². The van der Waals surface area contributed by atoms with Crippen LogP contribution in [0, 0.1) is 5.92 Å². The number of carbonyl (C=O) groups excluding carboxylic acids is 1. The van der Waals surface area contributed by atoms with Crippen molar-refractivity contribution in [3.63, 3.8) is 0 Å². The highest BCUT2D eigenvalue weighted by Crippen LogP contribution is 2.50. The number of ether oxygens (including phenoxy) is 2. The van der Waals surface area contributed by atoms with E-state index in [-0.39, 0.29) is 11.7 Å². The number of Topliss-reactive ketones (excluding diaryl/α,β-unsaturated/α-hetero) is 1. The standard InChI is InChI=1S/C24H26Cl2O4/c1-4-13-5-6-14(17-8-7-16(25)11-19(17)26)9-18(13)21-22(27)20-10-15(12-29-3)24(2,30-20)23(21)28/h5-9,11,15,20-21,23,28H,4,10,12H2,1-3H3/t15?,20-,21?,23?,24+/m0/s1. The molecule has 2 aliphatic heterocycles. The molecule has 1 N–H and O–H groups in total. The lowest BCUT2D eigenvalue weighted by Crippen LogP contribution is -2.55. The van der Waals surface area contributed by atoms with E-state index in [1.165, 1.54) is 0 Å². The van der Waals surface area contributed by atoms with E-state index in [1.807, 2.05) is 38.1 Å². The quantitative estimate of drug-likeness (QED) is 0.694. The Labute approximate surface area is 187 Å². The molecular formula is C24H26Cl2O4. The molecule has 5 atom stereocenters. The van der Waals surface area contributed by atoms with Gasteiger partial charge in [0, 0.05) is 28.6 Å². The largest absolute Gasteiger partial charge is 0.389 e. The Morgan fingerprint density at radius 2 is 2.00 bits per heavy atom. The van der Waals surface area contributed by atoms with Crippen molar-refractivity contribution < 1.29 is 19.4 Å². The van der Waals surface area contributed by atoms with Crippen LogP contribution in [0.5, 0.6) is 0 Å². The number of ketones is 1. The van der Waals surface area contributed by atoms with Gasteiger partial charge < -0.3 is 14.6 Å². The van der Waals surface area contributed by atoms with Crippen LogP contribution in [0.3, 0.4) is 0 Å². The molecule has 0 saturated carbocycles. The predicted octanol–water partition coefficient (Wildman–Crippen LogP) is 5.06. The Balaban J connectivity index is 1.80. The van der Waals surface area contributed by atoms with Crippen LogP contribution >= 0.6 is 23.2 Å². The fourth-order valence-corrected chi connectivity index (χ4v) is 5.49. The van der Waals surface area contributed by atoms with Crippen molar-refractivity contribution in [2.45, 2.75) is 50.4 Å². The first kappa shape index (κ1) is 21.8. The number of rotatable bonds is 5. The summed E-state index contributed by atoms with van der Waals surface area (Å²) in [4.78, 5) is 13.3. The zero-order valence-corrected chi connectivity index (χ0v) is 18.8. The predicted molar refractivity (Wildman–Crippen MR) is 118 cm³/mol. The molecule has 3 unspecified atom stereocenters. The first-order chi connectivity index (χ1) is 14.3. The number of hydrogen-bond acceptors (Lipinski definition) is 4. The molecule has 4 rings (SSSR count). The van der Waals surface area contributed by atoms with Gasteiger partial charge in [0.05, 0.1) is 24.2 Å². The Morgan fingerprint density at radius 3 is 2.67 bits per heavy atom. The molecular weight excluding hydrogens is 423 g/mol. The van der Waals surface area contributed by atoms with Crippen molar-refractivity contribution in [2.24, 2.45) is 5.92 Å². The van der Waals surface area contributed by atoms with E-state index in [0.717, 1.165) is 28.7 Å². The number of benzene rings is 2. The average molecular weight is 449 g/mol. The van der Waals surface area contributed by atoms with Crippen molar-refractivity contribution >= 4 is 29.0 Å². The highest BCUT2D eigenvalue weighted by molar-refractivity contribution is 6.36. The Bertz CT molecular complexity index is 976. The molecule has 4 nitrogen and oxygen atoms in total. The Kier molecular flexibility index (Phi) is 5.99. The van der Waals surface area contributed by atoms with Gasteiger partial charge >= 0.3 is 0 Å².